The lowest BCUT2D eigenvalue weighted by atomic mass is 10.0. The maximum atomic E-state index is 9.74. The first-order valence-corrected chi connectivity index (χ1v) is 11.1. The quantitative estimate of drug-likeness (QED) is 0.408. The molecule has 1 aliphatic heterocycles. The van der Waals surface area contributed by atoms with Crippen molar-refractivity contribution in [2.24, 2.45) is 0 Å². The highest BCUT2D eigenvalue weighted by molar-refractivity contribution is 7.80. The van der Waals surface area contributed by atoms with Crippen LogP contribution in [0.5, 0.6) is 11.5 Å². The van der Waals surface area contributed by atoms with Crippen LogP contribution >= 0.6 is 12.2 Å². The second kappa shape index (κ2) is 8.96. The molecular weight excluding hydrogens is 432 g/mol. The predicted molar refractivity (Wildman–Crippen MR) is 131 cm³/mol. The summed E-state index contributed by atoms with van der Waals surface area (Å²) < 4.78 is 7.44. The van der Waals surface area contributed by atoms with Crippen molar-refractivity contribution in [3.63, 3.8) is 0 Å². The third-order valence-corrected chi connectivity index (χ3v) is 6.27. The van der Waals surface area contributed by atoms with Crippen molar-refractivity contribution in [3.8, 4) is 17.2 Å². The second-order valence-corrected chi connectivity index (χ2v) is 8.31. The van der Waals surface area contributed by atoms with Crippen LogP contribution in [0.1, 0.15) is 29.0 Å². The number of phenols is 1. The van der Waals surface area contributed by atoms with Crippen LogP contribution in [-0.4, -0.2) is 31.8 Å². The minimum Gasteiger partial charge on any atom is -0.508 e. The van der Waals surface area contributed by atoms with E-state index in [1.807, 2.05) is 60.9 Å². The van der Waals surface area contributed by atoms with Gasteiger partial charge in [0.05, 0.1) is 24.9 Å². The van der Waals surface area contributed by atoms with Crippen LogP contribution < -0.4 is 10.1 Å². The average molecular weight is 457 g/mol. The number of rotatable bonds is 6. The van der Waals surface area contributed by atoms with Gasteiger partial charge in [-0.2, -0.15) is 0 Å². The third-order valence-electron chi connectivity index (χ3n) is 5.92. The Balaban J connectivity index is 1.57. The van der Waals surface area contributed by atoms with Crippen LogP contribution in [-0.2, 0) is 6.54 Å². The molecule has 3 heterocycles. The standard InChI is InChI=1S/C26H24N4O2S/c1-32-21-13-7-18(8-14-21)17-30-25(24(28-26(30)33)22-5-2-3-15-27-22)23-6-4-16-29(23)19-9-11-20(31)12-10-19/h2-16,24-25,31H,17H2,1H3,(H,28,33)/t24-,25+/m1/s1. The maximum absolute atomic E-state index is 9.74. The zero-order valence-electron chi connectivity index (χ0n) is 18.1. The van der Waals surface area contributed by atoms with Crippen LogP contribution in [0.4, 0.5) is 0 Å². The molecule has 0 aliphatic carbocycles. The SMILES string of the molecule is COc1ccc(CN2C(=S)N[C@H](c3ccccn3)[C@@H]2c2cccn2-c2ccc(O)cc2)cc1. The Bertz CT molecular complexity index is 1240. The van der Waals surface area contributed by atoms with Crippen molar-refractivity contribution < 1.29 is 9.84 Å². The topological polar surface area (TPSA) is 62.5 Å². The van der Waals surface area contributed by atoms with Crippen molar-refractivity contribution >= 4 is 17.3 Å². The number of aromatic nitrogens is 2. The van der Waals surface area contributed by atoms with E-state index in [1.54, 1.807) is 19.2 Å². The molecule has 0 spiro atoms. The fraction of sp³-hybridized carbons (Fsp3) is 0.154. The Morgan fingerprint density at radius 3 is 2.48 bits per heavy atom. The Hall–Kier alpha value is -3.84. The Labute approximate surface area is 198 Å². The summed E-state index contributed by atoms with van der Waals surface area (Å²) >= 11 is 5.81. The fourth-order valence-electron chi connectivity index (χ4n) is 4.31. The Morgan fingerprint density at radius 2 is 1.79 bits per heavy atom. The number of aromatic hydroxyl groups is 1. The van der Waals surface area contributed by atoms with Crippen LogP contribution in [0.15, 0.2) is 91.3 Å². The molecule has 0 radical (unpaired) electrons. The third kappa shape index (κ3) is 4.15. The molecule has 7 heteroatoms. The zero-order chi connectivity index (χ0) is 22.8. The van der Waals surface area contributed by atoms with Gasteiger partial charge in [0, 0.05) is 30.3 Å². The number of hydrogen-bond acceptors (Lipinski definition) is 4. The molecule has 2 aromatic carbocycles. The van der Waals surface area contributed by atoms with Gasteiger partial charge in [-0.15, -0.1) is 0 Å². The summed E-state index contributed by atoms with van der Waals surface area (Å²) in [5, 5.41) is 13.9. The first-order chi connectivity index (χ1) is 16.1. The number of nitrogens with one attached hydrogen (secondary N) is 1. The van der Waals surface area contributed by atoms with Gasteiger partial charge < -0.3 is 24.6 Å². The summed E-state index contributed by atoms with van der Waals surface area (Å²) in [4.78, 5) is 6.84. The first-order valence-electron chi connectivity index (χ1n) is 10.7. The van der Waals surface area contributed by atoms with Crippen molar-refractivity contribution in [1.29, 1.82) is 0 Å². The van der Waals surface area contributed by atoms with Crippen LogP contribution in [0.25, 0.3) is 5.69 Å². The summed E-state index contributed by atoms with van der Waals surface area (Å²) in [7, 11) is 1.67. The molecule has 0 amide bonds. The average Bonchev–Trinajstić information content (AvgIpc) is 3.45. The van der Waals surface area contributed by atoms with Crippen LogP contribution in [0.3, 0.4) is 0 Å². The van der Waals surface area contributed by atoms with E-state index in [0.717, 1.165) is 28.4 Å². The van der Waals surface area contributed by atoms with Gasteiger partial charge in [0.15, 0.2) is 5.11 Å². The number of benzene rings is 2. The lowest BCUT2D eigenvalue weighted by Gasteiger charge is -2.29. The molecular formula is C26H24N4O2S. The molecule has 166 valence electrons. The summed E-state index contributed by atoms with van der Waals surface area (Å²) in [6.45, 7) is 0.643. The first kappa shape index (κ1) is 21.0. The van der Waals surface area contributed by atoms with Gasteiger partial charge in [0.2, 0.25) is 0 Å². The Kier molecular flexibility index (Phi) is 5.71. The predicted octanol–water partition coefficient (Wildman–Crippen LogP) is 4.76. The second-order valence-electron chi connectivity index (χ2n) is 7.92. The molecule has 1 aliphatic rings. The van der Waals surface area contributed by atoms with Gasteiger partial charge in [-0.25, -0.2) is 0 Å². The summed E-state index contributed by atoms with van der Waals surface area (Å²) in [5.41, 5.74) is 4.11. The molecule has 2 N–H and O–H groups in total. The molecule has 6 nitrogen and oxygen atoms in total. The Morgan fingerprint density at radius 1 is 1.00 bits per heavy atom. The fourth-order valence-corrected chi connectivity index (χ4v) is 4.61. The maximum Gasteiger partial charge on any atom is 0.170 e. The van der Waals surface area contributed by atoms with Gasteiger partial charge in [0.1, 0.15) is 11.5 Å². The minimum atomic E-state index is -0.109. The number of pyridine rings is 1. The number of nitrogens with zero attached hydrogens (tertiary/aromatic N) is 3. The molecule has 0 unspecified atom stereocenters. The molecule has 2 aromatic heterocycles. The number of methoxy groups -OCH3 is 1. The van der Waals surface area contributed by atoms with E-state index in [-0.39, 0.29) is 17.8 Å². The van der Waals surface area contributed by atoms with Crippen molar-refractivity contribution in [2.75, 3.05) is 7.11 Å². The van der Waals surface area contributed by atoms with Gasteiger partial charge >= 0.3 is 0 Å². The van der Waals surface area contributed by atoms with E-state index in [9.17, 15) is 5.11 Å². The summed E-state index contributed by atoms with van der Waals surface area (Å²) in [5.74, 6) is 1.06. The summed E-state index contributed by atoms with van der Waals surface area (Å²) in [6.07, 6.45) is 3.84. The summed E-state index contributed by atoms with van der Waals surface area (Å²) in [6, 6.07) is 25.1. The van der Waals surface area contributed by atoms with Gasteiger partial charge in [-0.3, -0.25) is 4.98 Å². The normalized spacial score (nSPS) is 17.7. The highest BCUT2D eigenvalue weighted by Crippen LogP contribution is 2.40. The lowest BCUT2D eigenvalue weighted by molar-refractivity contribution is 0.302. The zero-order valence-corrected chi connectivity index (χ0v) is 18.9. The van der Waals surface area contributed by atoms with E-state index < -0.39 is 0 Å². The highest BCUT2D eigenvalue weighted by Gasteiger charge is 2.41. The number of ether oxygens (including phenoxy) is 1. The molecule has 1 fully saturated rings. The monoisotopic (exact) mass is 456 g/mol. The molecule has 33 heavy (non-hydrogen) atoms. The van der Waals surface area contributed by atoms with E-state index in [1.165, 1.54) is 0 Å². The molecule has 0 saturated carbocycles. The number of hydrogen-bond donors (Lipinski definition) is 2. The van der Waals surface area contributed by atoms with Crippen molar-refractivity contribution in [3.05, 3.63) is 108 Å². The minimum absolute atomic E-state index is 0.0849. The van der Waals surface area contributed by atoms with Crippen LogP contribution in [0, 0.1) is 0 Å². The smallest absolute Gasteiger partial charge is 0.170 e. The molecule has 1 saturated heterocycles. The number of thiocarbonyl (C=S) groups is 1. The van der Waals surface area contributed by atoms with E-state index in [2.05, 4.69) is 38.0 Å². The van der Waals surface area contributed by atoms with Crippen LogP contribution in [0.2, 0.25) is 0 Å². The van der Waals surface area contributed by atoms with Crippen molar-refractivity contribution in [2.45, 2.75) is 18.6 Å². The lowest BCUT2D eigenvalue weighted by Crippen LogP contribution is -2.30. The highest BCUT2D eigenvalue weighted by atomic mass is 32.1. The molecule has 2 atom stereocenters. The van der Waals surface area contributed by atoms with E-state index in [4.69, 9.17) is 17.0 Å². The van der Waals surface area contributed by atoms with E-state index in [0.29, 0.717) is 11.7 Å². The van der Waals surface area contributed by atoms with Gasteiger partial charge in [-0.05, 0) is 78.4 Å². The van der Waals surface area contributed by atoms with Crippen molar-refractivity contribution in [1.82, 2.24) is 19.8 Å². The number of phenolic OH excluding ortho intramolecular Hbond substituents is 1. The van der Waals surface area contributed by atoms with Gasteiger partial charge in [0.25, 0.3) is 0 Å². The van der Waals surface area contributed by atoms with E-state index >= 15 is 0 Å². The molecule has 5 rings (SSSR count). The largest absolute Gasteiger partial charge is 0.508 e. The molecule has 4 aromatic rings. The van der Waals surface area contributed by atoms with Gasteiger partial charge in [-0.1, -0.05) is 18.2 Å². The molecule has 0 bridgehead atoms.